The second-order valence-electron chi connectivity index (χ2n) is 8.55. The lowest BCUT2D eigenvalue weighted by atomic mass is 9.87. The van der Waals surface area contributed by atoms with Crippen LogP contribution in [0.15, 0.2) is 59.9 Å². The Morgan fingerprint density at radius 2 is 1.84 bits per heavy atom. The molecule has 7 nitrogen and oxygen atoms in total. The van der Waals surface area contributed by atoms with E-state index in [4.69, 9.17) is 0 Å². The lowest BCUT2D eigenvalue weighted by Gasteiger charge is -2.38. The van der Waals surface area contributed by atoms with E-state index in [1.54, 1.807) is 34.4 Å². The van der Waals surface area contributed by atoms with E-state index in [-0.39, 0.29) is 22.7 Å². The third-order valence-corrected chi connectivity index (χ3v) is 7.88. The Kier molecular flexibility index (Phi) is 4.90. The van der Waals surface area contributed by atoms with Crippen molar-refractivity contribution in [2.75, 3.05) is 6.54 Å². The smallest absolute Gasteiger partial charge is 0.246 e. The fourth-order valence-corrected chi connectivity index (χ4v) is 6.29. The van der Waals surface area contributed by atoms with Crippen LogP contribution in [0.25, 0.3) is 16.6 Å². The first kappa shape index (κ1) is 20.8. The Hall–Kier alpha value is -3.04. The molecule has 1 atom stereocenters. The molecule has 0 N–H and O–H groups in total. The average Bonchev–Trinajstić information content (AvgIpc) is 3.38. The summed E-state index contributed by atoms with van der Waals surface area (Å²) in [6.45, 7) is 4.47. The van der Waals surface area contributed by atoms with Crippen LogP contribution >= 0.6 is 0 Å². The van der Waals surface area contributed by atoms with Crippen LogP contribution in [0.2, 0.25) is 0 Å². The summed E-state index contributed by atoms with van der Waals surface area (Å²) < 4.78 is 45.1. The van der Waals surface area contributed by atoms with Crippen LogP contribution in [0.5, 0.6) is 0 Å². The van der Waals surface area contributed by atoms with Gasteiger partial charge in [-0.3, -0.25) is 4.68 Å². The van der Waals surface area contributed by atoms with Crippen LogP contribution in [0.4, 0.5) is 4.39 Å². The highest BCUT2D eigenvalue weighted by molar-refractivity contribution is 7.89. The molecule has 0 saturated heterocycles. The van der Waals surface area contributed by atoms with Gasteiger partial charge in [-0.05, 0) is 59.9 Å². The lowest BCUT2D eigenvalue weighted by Crippen LogP contribution is -2.42. The molecule has 2 aromatic carbocycles. The number of benzene rings is 2. The van der Waals surface area contributed by atoms with Crippen molar-refractivity contribution in [1.29, 1.82) is 0 Å². The van der Waals surface area contributed by atoms with Crippen LogP contribution < -0.4 is 0 Å². The molecule has 5 rings (SSSR count). The summed E-state index contributed by atoms with van der Waals surface area (Å²) in [5.41, 5.74) is 3.81. The number of fused-ring (bicyclic) bond motifs is 2. The third kappa shape index (κ3) is 3.32. The minimum Gasteiger partial charge on any atom is -0.274 e. The summed E-state index contributed by atoms with van der Waals surface area (Å²) >= 11 is 0. The maximum absolute atomic E-state index is 13.4. The van der Waals surface area contributed by atoms with Crippen molar-refractivity contribution in [2.24, 2.45) is 13.0 Å². The molecule has 0 aliphatic carbocycles. The molecule has 0 bridgehead atoms. The predicted molar refractivity (Wildman–Crippen MR) is 119 cm³/mol. The molecule has 2 aromatic heterocycles. The van der Waals surface area contributed by atoms with E-state index in [1.165, 1.54) is 29.2 Å². The summed E-state index contributed by atoms with van der Waals surface area (Å²) in [4.78, 5) is 0.208. The molecule has 1 unspecified atom stereocenters. The van der Waals surface area contributed by atoms with Crippen molar-refractivity contribution in [3.8, 4) is 5.69 Å². The molecule has 1 aliphatic rings. The average molecular weight is 454 g/mol. The van der Waals surface area contributed by atoms with E-state index in [9.17, 15) is 12.8 Å². The fourth-order valence-electron chi connectivity index (χ4n) is 4.57. The molecule has 3 heterocycles. The van der Waals surface area contributed by atoms with Gasteiger partial charge >= 0.3 is 0 Å². The standard InChI is InChI=1S/C23H24FN5O2S/c1-15(2)23-21-10-17-12-26-29(19-6-4-18(24)5-7-19)22(17)11-16(21)8-9-28(23)32(30,31)20-13-25-27(3)14-20/h4-7,10-15,23H,8-9H2,1-3H3. The van der Waals surface area contributed by atoms with E-state index in [1.807, 2.05) is 19.9 Å². The summed E-state index contributed by atoms with van der Waals surface area (Å²) in [5, 5.41) is 9.47. The molecular weight excluding hydrogens is 429 g/mol. The minimum absolute atomic E-state index is 0.0742. The van der Waals surface area contributed by atoms with Crippen molar-refractivity contribution < 1.29 is 12.8 Å². The minimum atomic E-state index is -3.68. The summed E-state index contributed by atoms with van der Waals surface area (Å²) in [5.74, 6) is -0.220. The third-order valence-electron chi connectivity index (χ3n) is 6.05. The van der Waals surface area contributed by atoms with Crippen molar-refractivity contribution in [3.63, 3.8) is 0 Å². The van der Waals surface area contributed by atoms with Gasteiger partial charge in [0.25, 0.3) is 0 Å². The zero-order valence-electron chi connectivity index (χ0n) is 18.1. The molecule has 32 heavy (non-hydrogen) atoms. The lowest BCUT2D eigenvalue weighted by molar-refractivity contribution is 0.248. The van der Waals surface area contributed by atoms with Crippen molar-refractivity contribution in [2.45, 2.75) is 31.2 Å². The largest absolute Gasteiger partial charge is 0.274 e. The molecule has 166 valence electrons. The van der Waals surface area contributed by atoms with Gasteiger partial charge in [-0.1, -0.05) is 13.8 Å². The van der Waals surface area contributed by atoms with Crippen molar-refractivity contribution in [1.82, 2.24) is 23.9 Å². The Labute approximate surface area is 186 Å². The number of halogens is 1. The second kappa shape index (κ2) is 7.53. The molecule has 0 amide bonds. The number of rotatable bonds is 4. The molecule has 0 radical (unpaired) electrons. The number of sulfonamides is 1. The first-order valence-corrected chi connectivity index (χ1v) is 12.0. The molecule has 0 fully saturated rings. The quantitative estimate of drug-likeness (QED) is 0.471. The van der Waals surface area contributed by atoms with E-state index < -0.39 is 10.0 Å². The van der Waals surface area contributed by atoms with Gasteiger partial charge < -0.3 is 0 Å². The Bertz CT molecular complexity index is 1410. The number of hydrogen-bond acceptors (Lipinski definition) is 4. The van der Waals surface area contributed by atoms with E-state index in [0.717, 1.165) is 27.7 Å². The highest BCUT2D eigenvalue weighted by Crippen LogP contribution is 2.40. The van der Waals surface area contributed by atoms with Crippen LogP contribution in [0, 0.1) is 11.7 Å². The van der Waals surface area contributed by atoms with Gasteiger partial charge in [0.15, 0.2) is 0 Å². The zero-order valence-corrected chi connectivity index (χ0v) is 18.9. The van der Waals surface area contributed by atoms with Gasteiger partial charge in [-0.2, -0.15) is 14.5 Å². The Morgan fingerprint density at radius 1 is 1.09 bits per heavy atom. The van der Waals surface area contributed by atoms with E-state index >= 15 is 0 Å². The maximum Gasteiger partial charge on any atom is 0.246 e. The second-order valence-corrected chi connectivity index (χ2v) is 10.4. The Morgan fingerprint density at radius 3 is 2.50 bits per heavy atom. The molecule has 0 saturated carbocycles. The molecule has 1 aliphatic heterocycles. The van der Waals surface area contributed by atoms with Gasteiger partial charge in [0.2, 0.25) is 10.0 Å². The van der Waals surface area contributed by atoms with Crippen LogP contribution in [0.3, 0.4) is 0 Å². The van der Waals surface area contributed by atoms with Gasteiger partial charge in [0, 0.05) is 25.2 Å². The first-order valence-electron chi connectivity index (χ1n) is 10.5. The predicted octanol–water partition coefficient (Wildman–Crippen LogP) is 3.84. The molecule has 4 aromatic rings. The van der Waals surface area contributed by atoms with Gasteiger partial charge in [-0.15, -0.1) is 0 Å². The number of nitrogens with zero attached hydrogens (tertiary/aromatic N) is 5. The molecule has 0 spiro atoms. The summed E-state index contributed by atoms with van der Waals surface area (Å²) in [7, 11) is -1.97. The van der Waals surface area contributed by atoms with Crippen LogP contribution in [0.1, 0.15) is 31.0 Å². The van der Waals surface area contributed by atoms with Crippen LogP contribution in [-0.4, -0.2) is 38.8 Å². The molecule has 9 heteroatoms. The van der Waals surface area contributed by atoms with E-state index in [0.29, 0.717) is 13.0 Å². The van der Waals surface area contributed by atoms with Crippen molar-refractivity contribution >= 4 is 20.9 Å². The number of hydrogen-bond donors (Lipinski definition) is 0. The van der Waals surface area contributed by atoms with Crippen LogP contribution in [-0.2, 0) is 23.5 Å². The number of aromatic nitrogens is 4. The van der Waals surface area contributed by atoms with Gasteiger partial charge in [-0.25, -0.2) is 17.5 Å². The summed E-state index contributed by atoms with van der Waals surface area (Å²) in [6, 6.07) is 10.1. The molecular formula is C23H24FN5O2S. The van der Waals surface area contributed by atoms with Gasteiger partial charge in [0.1, 0.15) is 10.7 Å². The summed E-state index contributed by atoms with van der Waals surface area (Å²) in [6.07, 6.45) is 5.31. The monoisotopic (exact) mass is 453 g/mol. The SMILES string of the molecule is CC(C)C1c2cc3cnn(-c4ccc(F)cc4)c3cc2CCN1S(=O)(=O)c1cnn(C)c1. The van der Waals surface area contributed by atoms with Gasteiger partial charge in [0.05, 0.1) is 29.6 Å². The van der Waals surface area contributed by atoms with E-state index in [2.05, 4.69) is 16.3 Å². The zero-order chi connectivity index (χ0) is 22.6. The highest BCUT2D eigenvalue weighted by Gasteiger charge is 2.39. The topological polar surface area (TPSA) is 73.0 Å². The fraction of sp³-hybridized carbons (Fsp3) is 0.304. The highest BCUT2D eigenvalue weighted by atomic mass is 32.2. The Balaban J connectivity index is 1.61. The maximum atomic E-state index is 13.4. The van der Waals surface area contributed by atoms with Crippen molar-refractivity contribution in [3.05, 3.63) is 71.9 Å². The normalized spacial score (nSPS) is 17.2. The number of aryl methyl sites for hydroxylation is 1. The first-order chi connectivity index (χ1) is 15.3.